The Balaban J connectivity index is 1.90. The number of carbonyl (C=O) groups is 1. The Bertz CT molecular complexity index is 567. The van der Waals surface area contributed by atoms with Crippen LogP contribution in [0, 0.1) is 5.41 Å². The van der Waals surface area contributed by atoms with Gasteiger partial charge in [0.15, 0.2) is 6.61 Å². The van der Waals surface area contributed by atoms with Crippen LogP contribution in [0.15, 0.2) is 12.1 Å². The van der Waals surface area contributed by atoms with Crippen molar-refractivity contribution in [3.05, 3.63) is 12.1 Å². The fourth-order valence-corrected chi connectivity index (χ4v) is 3.37. The summed E-state index contributed by atoms with van der Waals surface area (Å²) in [6.45, 7) is 6.62. The number of hydrogen-bond donors (Lipinski definition) is 2. The molecular weight excluding hydrogens is 266 g/mol. The minimum atomic E-state index is -0.115. The van der Waals surface area contributed by atoms with E-state index in [1.807, 2.05) is 12.1 Å². The highest BCUT2D eigenvalue weighted by atomic mass is 16.5. The maximum Gasteiger partial charge on any atom is 0.262 e. The van der Waals surface area contributed by atoms with Crippen molar-refractivity contribution in [1.82, 2.24) is 0 Å². The fourth-order valence-electron chi connectivity index (χ4n) is 3.37. The van der Waals surface area contributed by atoms with Crippen molar-refractivity contribution in [3.63, 3.8) is 0 Å². The molecular formula is C16H23N3O2. The topological polar surface area (TPSA) is 67.6 Å². The molecule has 114 valence electrons. The lowest BCUT2D eigenvalue weighted by atomic mass is 9.82. The summed E-state index contributed by atoms with van der Waals surface area (Å²) >= 11 is 0. The highest BCUT2D eigenvalue weighted by molar-refractivity contribution is 5.97. The van der Waals surface area contributed by atoms with Crippen LogP contribution in [0.4, 0.5) is 17.1 Å². The van der Waals surface area contributed by atoms with Crippen LogP contribution in [0.3, 0.4) is 0 Å². The number of amides is 1. The SMILES string of the molecule is CCC1(CC)CCN(c2cc3c(cc2N)OCC(=O)N3)C1. The number of fused-ring (bicyclic) bond motifs is 1. The van der Waals surface area contributed by atoms with Gasteiger partial charge >= 0.3 is 0 Å². The van der Waals surface area contributed by atoms with Gasteiger partial charge in [0.05, 0.1) is 17.1 Å². The number of nitrogens with two attached hydrogens (primary N) is 1. The number of anilines is 3. The van der Waals surface area contributed by atoms with Gasteiger partial charge in [-0.05, 0) is 30.7 Å². The highest BCUT2D eigenvalue weighted by Crippen LogP contribution is 2.43. The van der Waals surface area contributed by atoms with Crippen molar-refractivity contribution in [2.45, 2.75) is 33.1 Å². The van der Waals surface area contributed by atoms with E-state index in [0.717, 1.165) is 24.5 Å². The zero-order valence-electron chi connectivity index (χ0n) is 12.7. The first-order valence-corrected chi connectivity index (χ1v) is 7.68. The van der Waals surface area contributed by atoms with Gasteiger partial charge < -0.3 is 20.7 Å². The molecule has 2 aliphatic rings. The average molecular weight is 289 g/mol. The standard InChI is InChI=1S/C16H23N3O2/c1-3-16(4-2)5-6-19(10-16)13-8-12-14(7-11(13)17)21-9-15(20)18-12/h7-8H,3-6,9-10,17H2,1-2H3,(H,18,20). The van der Waals surface area contributed by atoms with E-state index in [9.17, 15) is 4.79 Å². The number of hydrogen-bond acceptors (Lipinski definition) is 4. The maximum absolute atomic E-state index is 11.5. The van der Waals surface area contributed by atoms with Crippen molar-refractivity contribution in [1.29, 1.82) is 0 Å². The molecule has 5 heteroatoms. The molecule has 3 rings (SSSR count). The molecule has 0 atom stereocenters. The third kappa shape index (κ3) is 2.41. The van der Waals surface area contributed by atoms with Crippen molar-refractivity contribution >= 4 is 23.0 Å². The Kier molecular flexibility index (Phi) is 3.43. The number of nitrogens with zero attached hydrogens (tertiary/aromatic N) is 1. The smallest absolute Gasteiger partial charge is 0.262 e. The van der Waals surface area contributed by atoms with E-state index in [1.54, 1.807) is 0 Å². The molecule has 21 heavy (non-hydrogen) atoms. The van der Waals surface area contributed by atoms with Crippen molar-refractivity contribution in [2.75, 3.05) is 35.6 Å². The predicted octanol–water partition coefficient (Wildman–Crippen LogP) is 2.62. The zero-order valence-corrected chi connectivity index (χ0v) is 12.7. The van der Waals surface area contributed by atoms with Crippen LogP contribution in [0.25, 0.3) is 0 Å². The normalized spacial score (nSPS) is 19.9. The first-order chi connectivity index (χ1) is 10.1. The maximum atomic E-state index is 11.5. The van der Waals surface area contributed by atoms with Gasteiger partial charge in [0.2, 0.25) is 0 Å². The van der Waals surface area contributed by atoms with Gasteiger partial charge in [-0.2, -0.15) is 0 Å². The molecule has 0 bridgehead atoms. The summed E-state index contributed by atoms with van der Waals surface area (Å²) in [4.78, 5) is 13.8. The second-order valence-electron chi connectivity index (χ2n) is 6.12. The second-order valence-corrected chi connectivity index (χ2v) is 6.12. The molecule has 2 heterocycles. The van der Waals surface area contributed by atoms with Crippen LogP contribution in [0.2, 0.25) is 0 Å². The van der Waals surface area contributed by atoms with Gasteiger partial charge in [0, 0.05) is 19.2 Å². The Labute approximate surface area is 125 Å². The van der Waals surface area contributed by atoms with Crippen LogP contribution in [-0.4, -0.2) is 25.6 Å². The Morgan fingerprint density at radius 2 is 2.14 bits per heavy atom. The monoisotopic (exact) mass is 289 g/mol. The number of ether oxygens (including phenoxy) is 1. The predicted molar refractivity (Wildman–Crippen MR) is 84.8 cm³/mol. The van der Waals surface area contributed by atoms with E-state index in [-0.39, 0.29) is 12.5 Å². The molecule has 0 radical (unpaired) electrons. The summed E-state index contributed by atoms with van der Waals surface area (Å²) in [5.41, 5.74) is 9.03. The Hall–Kier alpha value is -1.91. The number of benzene rings is 1. The zero-order chi connectivity index (χ0) is 15.0. The van der Waals surface area contributed by atoms with E-state index in [1.165, 1.54) is 19.3 Å². The van der Waals surface area contributed by atoms with Gasteiger partial charge in [0.1, 0.15) is 5.75 Å². The molecule has 0 aromatic heterocycles. The Morgan fingerprint density at radius 3 is 2.81 bits per heavy atom. The van der Waals surface area contributed by atoms with Crippen LogP contribution >= 0.6 is 0 Å². The number of carbonyl (C=O) groups excluding carboxylic acids is 1. The molecule has 0 aliphatic carbocycles. The molecule has 1 saturated heterocycles. The molecule has 1 amide bonds. The first kappa shape index (κ1) is 14.0. The van der Waals surface area contributed by atoms with E-state index in [2.05, 4.69) is 24.1 Å². The van der Waals surface area contributed by atoms with Crippen LogP contribution < -0.4 is 20.7 Å². The summed E-state index contributed by atoms with van der Waals surface area (Å²) in [5.74, 6) is 0.545. The quantitative estimate of drug-likeness (QED) is 0.839. The average Bonchev–Trinajstić information content (AvgIpc) is 2.92. The minimum absolute atomic E-state index is 0.0598. The summed E-state index contributed by atoms with van der Waals surface area (Å²) in [6, 6.07) is 3.77. The number of nitrogen functional groups attached to an aromatic ring is 1. The molecule has 0 spiro atoms. The first-order valence-electron chi connectivity index (χ1n) is 7.68. The molecule has 1 fully saturated rings. The third-order valence-electron chi connectivity index (χ3n) is 5.04. The molecule has 1 aromatic rings. The van der Waals surface area contributed by atoms with Crippen LogP contribution in [-0.2, 0) is 4.79 Å². The lowest BCUT2D eigenvalue weighted by Crippen LogP contribution is -2.28. The number of nitrogens with one attached hydrogen (secondary N) is 1. The summed E-state index contributed by atoms with van der Waals surface area (Å²) in [7, 11) is 0. The van der Waals surface area contributed by atoms with E-state index in [0.29, 0.717) is 16.9 Å². The molecule has 2 aliphatic heterocycles. The van der Waals surface area contributed by atoms with E-state index in [4.69, 9.17) is 10.5 Å². The summed E-state index contributed by atoms with van der Waals surface area (Å²) < 4.78 is 5.41. The molecule has 3 N–H and O–H groups in total. The van der Waals surface area contributed by atoms with Gasteiger partial charge in [-0.3, -0.25) is 4.79 Å². The largest absolute Gasteiger partial charge is 0.482 e. The lowest BCUT2D eigenvalue weighted by molar-refractivity contribution is -0.118. The lowest BCUT2D eigenvalue weighted by Gasteiger charge is -2.29. The fraction of sp³-hybridized carbons (Fsp3) is 0.562. The van der Waals surface area contributed by atoms with E-state index >= 15 is 0 Å². The van der Waals surface area contributed by atoms with Gasteiger partial charge in [-0.1, -0.05) is 13.8 Å². The molecule has 5 nitrogen and oxygen atoms in total. The van der Waals surface area contributed by atoms with Crippen LogP contribution in [0.1, 0.15) is 33.1 Å². The van der Waals surface area contributed by atoms with Crippen molar-refractivity contribution in [2.24, 2.45) is 5.41 Å². The van der Waals surface area contributed by atoms with Crippen molar-refractivity contribution < 1.29 is 9.53 Å². The van der Waals surface area contributed by atoms with Gasteiger partial charge in [0.25, 0.3) is 5.91 Å². The van der Waals surface area contributed by atoms with Gasteiger partial charge in [-0.25, -0.2) is 0 Å². The molecule has 0 unspecified atom stereocenters. The second kappa shape index (κ2) is 5.13. The van der Waals surface area contributed by atoms with Crippen LogP contribution in [0.5, 0.6) is 5.75 Å². The Morgan fingerprint density at radius 1 is 1.38 bits per heavy atom. The van der Waals surface area contributed by atoms with Crippen molar-refractivity contribution in [3.8, 4) is 5.75 Å². The minimum Gasteiger partial charge on any atom is -0.482 e. The highest BCUT2D eigenvalue weighted by Gasteiger charge is 2.36. The number of rotatable bonds is 3. The summed E-state index contributed by atoms with van der Waals surface area (Å²) in [5, 5.41) is 2.85. The van der Waals surface area contributed by atoms with E-state index < -0.39 is 0 Å². The third-order valence-corrected chi connectivity index (χ3v) is 5.04. The molecule has 0 saturated carbocycles. The van der Waals surface area contributed by atoms with Gasteiger partial charge in [-0.15, -0.1) is 0 Å². The summed E-state index contributed by atoms with van der Waals surface area (Å²) in [6.07, 6.45) is 3.56. The molecule has 1 aromatic carbocycles.